The molecule has 5 aliphatic carbocycles. The van der Waals surface area contributed by atoms with Crippen molar-refractivity contribution in [1.29, 1.82) is 0 Å². The number of fused-ring (bicyclic) bond motifs is 7. The molecule has 27 atom stereocenters. The lowest BCUT2D eigenvalue weighted by atomic mass is 9.34. The van der Waals surface area contributed by atoms with Crippen molar-refractivity contribution < 1.29 is 119 Å². The largest absolute Gasteiger partial charge is 0.479 e. The molecule has 0 aromatic rings. The number of carbonyl (C=O) groups excluding carboxylic acids is 2. The summed E-state index contributed by atoms with van der Waals surface area (Å²) in [7, 11) is 0. The molecule has 24 heteroatoms. The standard InChI is InChI=1S/C54H84O24/c1-10-22(2)45(69)78-42-43(71-23(3)58)54(70)25(17-49(42,4)5)24-11-12-29-50(6)15-14-31(51(7,21-57)28(50)13-16-52(29,8)53(24,9)18-30(54)59)74-48-40(76-47-37(65)35(63)33(61)27(20-56)73-47)38(66)39(41(77-48)44(67)68)75-46-36(64)34(62)32(60)26(19-55)72-46/h10-11,25-43,46-48,55-57,59-66,70H,12-21H2,1-9H3,(H,67,68)/b22-10+/t25?,26-,27-,28?,29?,30-,31?,32-,33-,34+,35+,36-,37-,38+,39+,40-,41+,42?,43+,46+,47-,48-,50?,51-,52?,53-,54?/m1/s1. The molecule has 3 heterocycles. The molecule has 4 saturated carbocycles. The monoisotopic (exact) mass is 1120 g/mol. The van der Waals surface area contributed by atoms with Gasteiger partial charge in [-0.1, -0.05) is 59.3 Å². The number of hydrogen-bond acceptors (Lipinski definition) is 23. The van der Waals surface area contributed by atoms with Gasteiger partial charge in [0, 0.05) is 29.2 Å². The smallest absolute Gasteiger partial charge is 0.335 e. The van der Waals surface area contributed by atoms with Gasteiger partial charge in [-0.25, -0.2) is 9.59 Å². The fourth-order valence-corrected chi connectivity index (χ4v) is 15.8. The molecule has 3 saturated heterocycles. The number of esters is 2. The third kappa shape index (κ3) is 9.70. The van der Waals surface area contributed by atoms with Gasteiger partial charge in [0.15, 0.2) is 31.1 Å². The van der Waals surface area contributed by atoms with Crippen LogP contribution in [0.4, 0.5) is 0 Å². The number of aliphatic hydroxyl groups excluding tert-OH is 11. The molecule has 24 nitrogen and oxygen atoms in total. The van der Waals surface area contributed by atoms with Crippen molar-refractivity contribution in [2.45, 2.75) is 229 Å². The summed E-state index contributed by atoms with van der Waals surface area (Å²) in [6, 6.07) is 0. The van der Waals surface area contributed by atoms with Crippen LogP contribution in [0.5, 0.6) is 0 Å². The van der Waals surface area contributed by atoms with E-state index in [-0.39, 0.29) is 31.1 Å². The van der Waals surface area contributed by atoms with Crippen molar-refractivity contribution in [3.63, 3.8) is 0 Å². The Balaban J connectivity index is 1.11. The Morgan fingerprint density at radius 3 is 1.78 bits per heavy atom. The average Bonchev–Trinajstić information content (AvgIpc) is 3.24. The molecular formula is C54H84O24. The van der Waals surface area contributed by atoms with E-state index in [1.54, 1.807) is 19.9 Å². The number of carboxylic acids is 1. The van der Waals surface area contributed by atoms with Crippen LogP contribution in [0, 0.1) is 44.8 Å². The van der Waals surface area contributed by atoms with Crippen molar-refractivity contribution in [2.24, 2.45) is 44.8 Å². The first-order valence-corrected chi connectivity index (χ1v) is 27.2. The zero-order chi connectivity index (χ0) is 57.7. The van der Waals surface area contributed by atoms with Crippen molar-refractivity contribution in [3.05, 3.63) is 23.3 Å². The Morgan fingerprint density at radius 1 is 0.679 bits per heavy atom. The number of aliphatic hydroxyl groups is 12. The zero-order valence-electron chi connectivity index (χ0n) is 45.7. The maximum atomic E-state index is 13.3. The highest BCUT2D eigenvalue weighted by Crippen LogP contribution is 2.75. The van der Waals surface area contributed by atoms with Crippen molar-refractivity contribution in [2.75, 3.05) is 19.8 Å². The molecule has 7 fully saturated rings. The van der Waals surface area contributed by atoms with Gasteiger partial charge in [-0.15, -0.1) is 0 Å². The van der Waals surface area contributed by atoms with Gasteiger partial charge in [0.25, 0.3) is 0 Å². The number of rotatable bonds is 13. The maximum absolute atomic E-state index is 13.3. The Labute approximate surface area is 452 Å². The van der Waals surface area contributed by atoms with E-state index >= 15 is 0 Å². The quantitative estimate of drug-likeness (QED) is 0.0429. The zero-order valence-corrected chi connectivity index (χ0v) is 45.7. The van der Waals surface area contributed by atoms with Crippen LogP contribution in [0.2, 0.25) is 0 Å². The normalized spacial score (nSPS) is 51.1. The van der Waals surface area contributed by atoms with Gasteiger partial charge in [-0.2, -0.15) is 0 Å². The molecule has 8 aliphatic rings. The van der Waals surface area contributed by atoms with E-state index in [4.69, 9.17) is 37.9 Å². The lowest BCUT2D eigenvalue weighted by Gasteiger charge is -2.72. The lowest BCUT2D eigenvalue weighted by Crippen LogP contribution is -2.75. The molecule has 13 N–H and O–H groups in total. The highest BCUT2D eigenvalue weighted by atomic mass is 16.8. The molecule has 0 aromatic heterocycles. The summed E-state index contributed by atoms with van der Waals surface area (Å²) in [6.07, 6.45) is -27.4. The van der Waals surface area contributed by atoms with Gasteiger partial charge < -0.3 is 104 Å². The predicted octanol–water partition coefficient (Wildman–Crippen LogP) is -1.57. The molecule has 0 aromatic carbocycles. The van der Waals surface area contributed by atoms with Gasteiger partial charge in [-0.3, -0.25) is 4.79 Å². The van der Waals surface area contributed by atoms with E-state index in [0.29, 0.717) is 31.3 Å². The van der Waals surface area contributed by atoms with Crippen LogP contribution in [0.25, 0.3) is 0 Å². The van der Waals surface area contributed by atoms with Crippen LogP contribution in [0.1, 0.15) is 107 Å². The molecule has 0 spiro atoms. The van der Waals surface area contributed by atoms with Crippen LogP contribution in [-0.2, 0) is 52.3 Å². The molecule has 0 bridgehead atoms. The summed E-state index contributed by atoms with van der Waals surface area (Å²) in [5, 5.41) is 144. The fraction of sp³-hybridized carbons (Fsp3) is 0.870. The third-order valence-electron chi connectivity index (χ3n) is 20.5. The first-order valence-electron chi connectivity index (χ1n) is 27.2. The van der Waals surface area contributed by atoms with Crippen molar-refractivity contribution >= 4 is 17.9 Å². The Kier molecular flexibility index (Phi) is 17.3. The Bertz CT molecular complexity index is 2280. The minimum absolute atomic E-state index is 0.0678. The predicted molar refractivity (Wildman–Crippen MR) is 264 cm³/mol. The number of aliphatic carboxylic acids is 1. The molecule has 444 valence electrons. The van der Waals surface area contributed by atoms with Crippen molar-refractivity contribution in [3.8, 4) is 0 Å². The highest BCUT2D eigenvalue weighted by Gasteiger charge is 2.74. The summed E-state index contributed by atoms with van der Waals surface area (Å²) in [5.74, 6) is -4.22. The van der Waals surface area contributed by atoms with E-state index in [9.17, 15) is 80.8 Å². The average molecular weight is 1120 g/mol. The summed E-state index contributed by atoms with van der Waals surface area (Å²) < 4.78 is 47.8. The molecular weight excluding hydrogens is 1030 g/mol. The minimum atomic E-state index is -2.18. The third-order valence-corrected chi connectivity index (χ3v) is 20.5. The second-order valence-corrected chi connectivity index (χ2v) is 25.2. The summed E-state index contributed by atoms with van der Waals surface area (Å²) in [5.41, 5.74) is -4.65. The minimum Gasteiger partial charge on any atom is -0.479 e. The molecule has 0 amide bonds. The van der Waals surface area contributed by atoms with E-state index in [1.165, 1.54) is 6.92 Å². The van der Waals surface area contributed by atoms with Crippen LogP contribution in [0.15, 0.2) is 23.3 Å². The molecule has 78 heavy (non-hydrogen) atoms. The number of allylic oxidation sites excluding steroid dienone is 2. The molecule has 8 rings (SSSR count). The highest BCUT2D eigenvalue weighted by molar-refractivity contribution is 5.87. The van der Waals surface area contributed by atoms with Crippen LogP contribution >= 0.6 is 0 Å². The van der Waals surface area contributed by atoms with E-state index in [2.05, 4.69) is 26.8 Å². The first-order chi connectivity index (χ1) is 36.4. The molecule has 3 aliphatic heterocycles. The summed E-state index contributed by atoms with van der Waals surface area (Å²) >= 11 is 0. The van der Waals surface area contributed by atoms with Crippen LogP contribution < -0.4 is 0 Å². The number of ether oxygens (including phenoxy) is 8. The number of hydrogen-bond donors (Lipinski definition) is 13. The van der Waals surface area contributed by atoms with Crippen LogP contribution in [0.3, 0.4) is 0 Å². The Morgan fingerprint density at radius 2 is 1.26 bits per heavy atom. The first kappa shape index (κ1) is 61.2. The molecule has 8 unspecified atom stereocenters. The van der Waals surface area contributed by atoms with E-state index < -0.39 is 193 Å². The van der Waals surface area contributed by atoms with E-state index in [1.807, 2.05) is 20.8 Å². The van der Waals surface area contributed by atoms with Gasteiger partial charge in [0.2, 0.25) is 0 Å². The maximum Gasteiger partial charge on any atom is 0.335 e. The van der Waals surface area contributed by atoms with Crippen LogP contribution in [-0.4, -0.2) is 226 Å². The lowest BCUT2D eigenvalue weighted by molar-refractivity contribution is -0.392. The fourth-order valence-electron chi connectivity index (χ4n) is 15.8. The number of carboxylic acid groups (broad SMARTS) is 1. The van der Waals surface area contributed by atoms with Gasteiger partial charge >= 0.3 is 17.9 Å². The van der Waals surface area contributed by atoms with Gasteiger partial charge in [-0.05, 0) is 86.9 Å². The SMILES string of the molecule is C/C=C(\C)C(=O)OC1[C@H](OC(C)=O)C2(O)C(CC1(C)C)C1=CCC3C4(C)CCC(O[C@@H]5O[C@H](C(=O)O)[C@@H](O[C@@H]6O[C@H](CO)[C@@H](O)[C@H](O)[C@H]6O)[C@H](O)[C@H]5O[C@H]5O[C@H](CO)[C@@H](O)[C@H](O)[C@H]5O)[C@](C)(CO)C4CCC3(C)[C@]1(C)C[C@H]2O. The van der Waals surface area contributed by atoms with Gasteiger partial charge in [0.1, 0.15) is 78.8 Å². The molecule has 0 radical (unpaired) electrons. The summed E-state index contributed by atoms with van der Waals surface area (Å²) in [4.78, 5) is 39.2. The number of carbonyl (C=O) groups is 3. The second-order valence-electron chi connectivity index (χ2n) is 25.2. The summed E-state index contributed by atoms with van der Waals surface area (Å²) in [6.45, 7) is 14.4. The van der Waals surface area contributed by atoms with Crippen molar-refractivity contribution in [1.82, 2.24) is 0 Å². The topological polar surface area (TPSA) is 388 Å². The second kappa shape index (κ2) is 22.1. The van der Waals surface area contributed by atoms with E-state index in [0.717, 1.165) is 5.57 Å². The Hall–Kier alpha value is -2.83. The van der Waals surface area contributed by atoms with Gasteiger partial charge in [0.05, 0.1) is 32.0 Å².